The van der Waals surface area contributed by atoms with Gasteiger partial charge in [-0.2, -0.15) is 0 Å². The Bertz CT molecular complexity index is 432. The molecule has 0 bridgehead atoms. The van der Waals surface area contributed by atoms with Gasteiger partial charge in [0.05, 0.1) is 12.2 Å². The zero-order valence-electron chi connectivity index (χ0n) is 11.5. The lowest BCUT2D eigenvalue weighted by Crippen LogP contribution is -2.35. The van der Waals surface area contributed by atoms with Gasteiger partial charge in [-0.25, -0.2) is 4.79 Å². The summed E-state index contributed by atoms with van der Waals surface area (Å²) in [7, 11) is 0. The molecular weight excluding hydrogens is 260 g/mol. The van der Waals surface area contributed by atoms with E-state index in [2.05, 4.69) is 24.5 Å². The van der Waals surface area contributed by atoms with Crippen LogP contribution in [-0.4, -0.2) is 23.7 Å². The Morgan fingerprint density at radius 3 is 2.47 bits per heavy atom. The first-order valence-electron chi connectivity index (χ1n) is 6.41. The van der Waals surface area contributed by atoms with Crippen LogP contribution in [0.1, 0.15) is 37.6 Å². The highest BCUT2D eigenvalue weighted by molar-refractivity contribution is 7.80. The topological polar surface area (TPSA) is 50.4 Å². The van der Waals surface area contributed by atoms with Gasteiger partial charge in [0.15, 0.2) is 5.11 Å². The summed E-state index contributed by atoms with van der Waals surface area (Å²) in [6.45, 7) is 6.32. The van der Waals surface area contributed by atoms with Gasteiger partial charge in [-0.1, -0.05) is 6.92 Å². The number of thiocarbonyl (C=S) groups is 1. The van der Waals surface area contributed by atoms with Gasteiger partial charge in [0.1, 0.15) is 0 Å². The average molecular weight is 280 g/mol. The maximum Gasteiger partial charge on any atom is 0.338 e. The van der Waals surface area contributed by atoms with Crippen LogP contribution in [0.15, 0.2) is 24.3 Å². The highest BCUT2D eigenvalue weighted by Gasteiger charge is 2.06. The Hall–Kier alpha value is -1.62. The molecule has 0 aliphatic carbocycles. The Balaban J connectivity index is 2.57. The maximum atomic E-state index is 11.5. The van der Waals surface area contributed by atoms with Crippen molar-refractivity contribution in [1.29, 1.82) is 0 Å². The molecule has 104 valence electrons. The molecule has 2 N–H and O–H groups in total. The molecule has 1 atom stereocenters. The SMILES string of the molecule is CCOC(=O)c1ccc(NC(=S)NC(C)CC)cc1. The van der Waals surface area contributed by atoms with Gasteiger partial charge in [-0.15, -0.1) is 0 Å². The van der Waals surface area contributed by atoms with Crippen LogP contribution in [0, 0.1) is 0 Å². The van der Waals surface area contributed by atoms with Gasteiger partial charge < -0.3 is 15.4 Å². The van der Waals surface area contributed by atoms with Crippen molar-refractivity contribution >= 4 is 29.0 Å². The van der Waals surface area contributed by atoms with Crippen LogP contribution in [-0.2, 0) is 4.74 Å². The minimum atomic E-state index is -0.311. The molecule has 4 nitrogen and oxygen atoms in total. The number of ether oxygens (including phenoxy) is 1. The first kappa shape index (κ1) is 15.4. The van der Waals surface area contributed by atoms with Crippen molar-refractivity contribution in [3.8, 4) is 0 Å². The minimum Gasteiger partial charge on any atom is -0.462 e. The third-order valence-corrected chi connectivity index (χ3v) is 2.86. The summed E-state index contributed by atoms with van der Waals surface area (Å²) in [6, 6.07) is 7.37. The van der Waals surface area contributed by atoms with Gasteiger partial charge in [0.25, 0.3) is 0 Å². The molecule has 0 amide bonds. The molecule has 19 heavy (non-hydrogen) atoms. The quantitative estimate of drug-likeness (QED) is 0.641. The monoisotopic (exact) mass is 280 g/mol. The van der Waals surface area contributed by atoms with E-state index in [0.29, 0.717) is 23.3 Å². The normalized spacial score (nSPS) is 11.5. The molecule has 0 fully saturated rings. The second-order valence-corrected chi connectivity index (χ2v) is 4.61. The molecular formula is C14H20N2O2S. The van der Waals surface area contributed by atoms with Gasteiger partial charge in [-0.05, 0) is 56.8 Å². The molecule has 0 saturated heterocycles. The number of esters is 1. The van der Waals surface area contributed by atoms with E-state index >= 15 is 0 Å². The van der Waals surface area contributed by atoms with Crippen molar-refractivity contribution in [1.82, 2.24) is 5.32 Å². The first-order chi connectivity index (χ1) is 9.06. The molecule has 1 rings (SSSR count). The van der Waals surface area contributed by atoms with Crippen molar-refractivity contribution in [3.05, 3.63) is 29.8 Å². The summed E-state index contributed by atoms with van der Waals surface area (Å²) in [6.07, 6.45) is 1.00. The van der Waals surface area contributed by atoms with E-state index in [9.17, 15) is 4.79 Å². The van der Waals surface area contributed by atoms with Crippen LogP contribution in [0.2, 0.25) is 0 Å². The molecule has 0 radical (unpaired) electrons. The molecule has 5 heteroatoms. The second-order valence-electron chi connectivity index (χ2n) is 4.21. The molecule has 1 aromatic carbocycles. The Labute approximate surface area is 119 Å². The minimum absolute atomic E-state index is 0.311. The maximum absolute atomic E-state index is 11.5. The molecule has 0 saturated carbocycles. The third-order valence-electron chi connectivity index (χ3n) is 2.64. The van der Waals surface area contributed by atoms with Crippen LogP contribution in [0.4, 0.5) is 5.69 Å². The molecule has 1 unspecified atom stereocenters. The predicted molar refractivity (Wildman–Crippen MR) is 81.5 cm³/mol. The van der Waals surface area contributed by atoms with E-state index in [4.69, 9.17) is 17.0 Å². The fourth-order valence-corrected chi connectivity index (χ4v) is 1.72. The Kier molecular flexibility index (Phi) is 6.29. The highest BCUT2D eigenvalue weighted by atomic mass is 32.1. The van der Waals surface area contributed by atoms with Crippen LogP contribution in [0.5, 0.6) is 0 Å². The van der Waals surface area contributed by atoms with Crippen molar-refractivity contribution in [2.45, 2.75) is 33.2 Å². The molecule has 0 spiro atoms. The fraction of sp³-hybridized carbons (Fsp3) is 0.429. The average Bonchev–Trinajstić information content (AvgIpc) is 2.39. The number of carbonyl (C=O) groups excluding carboxylic acids is 1. The van der Waals surface area contributed by atoms with Gasteiger partial charge in [0, 0.05) is 11.7 Å². The van der Waals surface area contributed by atoms with Crippen LogP contribution in [0.25, 0.3) is 0 Å². The molecule has 1 aromatic rings. The van der Waals surface area contributed by atoms with E-state index < -0.39 is 0 Å². The Morgan fingerprint density at radius 1 is 1.32 bits per heavy atom. The predicted octanol–water partition coefficient (Wildman–Crippen LogP) is 2.95. The molecule has 0 heterocycles. The van der Waals surface area contributed by atoms with Gasteiger partial charge >= 0.3 is 5.97 Å². The van der Waals surface area contributed by atoms with E-state index in [1.165, 1.54) is 0 Å². The van der Waals surface area contributed by atoms with Gasteiger partial charge in [-0.3, -0.25) is 0 Å². The number of nitrogens with one attached hydrogen (secondary N) is 2. The molecule has 0 aromatic heterocycles. The standard InChI is InChI=1S/C14H20N2O2S/c1-4-10(3)15-14(19)16-12-8-6-11(7-9-12)13(17)18-5-2/h6-10H,4-5H2,1-3H3,(H2,15,16,19). The van der Waals surface area contributed by atoms with E-state index in [1.54, 1.807) is 31.2 Å². The Morgan fingerprint density at radius 2 is 1.95 bits per heavy atom. The third kappa shape index (κ3) is 5.26. The van der Waals surface area contributed by atoms with Crippen LogP contribution < -0.4 is 10.6 Å². The van der Waals surface area contributed by atoms with Crippen LogP contribution >= 0.6 is 12.2 Å². The number of benzene rings is 1. The van der Waals surface area contributed by atoms with Crippen molar-refractivity contribution in [3.63, 3.8) is 0 Å². The number of anilines is 1. The summed E-state index contributed by atoms with van der Waals surface area (Å²) in [4.78, 5) is 11.5. The van der Waals surface area contributed by atoms with Crippen molar-refractivity contribution in [2.24, 2.45) is 0 Å². The fourth-order valence-electron chi connectivity index (χ4n) is 1.40. The van der Waals surface area contributed by atoms with Crippen molar-refractivity contribution < 1.29 is 9.53 Å². The van der Waals surface area contributed by atoms with Crippen LogP contribution in [0.3, 0.4) is 0 Å². The number of hydrogen-bond donors (Lipinski definition) is 2. The number of rotatable bonds is 5. The molecule has 0 aliphatic rings. The van der Waals surface area contributed by atoms with E-state index in [-0.39, 0.29) is 5.97 Å². The lowest BCUT2D eigenvalue weighted by Gasteiger charge is -2.15. The largest absolute Gasteiger partial charge is 0.462 e. The summed E-state index contributed by atoms with van der Waals surface area (Å²) in [5.74, 6) is -0.311. The summed E-state index contributed by atoms with van der Waals surface area (Å²) in [5, 5.41) is 6.82. The summed E-state index contributed by atoms with van der Waals surface area (Å²) < 4.78 is 4.92. The van der Waals surface area contributed by atoms with E-state index in [0.717, 1.165) is 12.1 Å². The second kappa shape index (κ2) is 7.74. The van der Waals surface area contributed by atoms with Gasteiger partial charge in [0.2, 0.25) is 0 Å². The highest BCUT2D eigenvalue weighted by Crippen LogP contribution is 2.10. The number of carbonyl (C=O) groups is 1. The number of hydrogen-bond acceptors (Lipinski definition) is 3. The lowest BCUT2D eigenvalue weighted by molar-refractivity contribution is 0.0526. The lowest BCUT2D eigenvalue weighted by atomic mass is 10.2. The summed E-state index contributed by atoms with van der Waals surface area (Å²) >= 11 is 5.19. The van der Waals surface area contributed by atoms with E-state index in [1.807, 2.05) is 0 Å². The molecule has 0 aliphatic heterocycles. The zero-order chi connectivity index (χ0) is 14.3. The summed E-state index contributed by atoms with van der Waals surface area (Å²) in [5.41, 5.74) is 1.38. The first-order valence-corrected chi connectivity index (χ1v) is 6.82. The zero-order valence-corrected chi connectivity index (χ0v) is 12.3. The van der Waals surface area contributed by atoms with Crippen molar-refractivity contribution in [2.75, 3.05) is 11.9 Å². The smallest absolute Gasteiger partial charge is 0.338 e.